The van der Waals surface area contributed by atoms with Crippen molar-refractivity contribution in [1.82, 2.24) is 0 Å². The third-order valence-corrected chi connectivity index (χ3v) is 10.9. The molecule has 0 heterocycles. The minimum atomic E-state index is -0.812. The SMILES string of the molecule is CC\C=C/C=C\C=C/C=C\C=C/CCCCCC(=O)OC(COC(=O)CCCCCCC/C=C\C=C/CCCCCCCCC)COC(=O)CCCCCCCCC/C=C\C/C=C\CC. The molecule has 0 spiro atoms. The van der Waals surface area contributed by atoms with E-state index in [4.69, 9.17) is 14.2 Å². The number of unbranched alkanes of at least 4 members (excludes halogenated alkanes) is 22. The third kappa shape index (κ3) is 50.9. The van der Waals surface area contributed by atoms with Crippen LogP contribution in [0.5, 0.6) is 0 Å². The molecule has 65 heavy (non-hydrogen) atoms. The van der Waals surface area contributed by atoms with E-state index in [1.807, 2.05) is 48.6 Å². The lowest BCUT2D eigenvalue weighted by Gasteiger charge is -2.18. The standard InChI is InChI=1S/C59H96O6/c1-4-7-10-13-16-19-22-25-28-29-30-32-34-37-40-43-46-49-52-58(61)64-55-56(54-63-57(60)51-48-45-42-39-36-33-27-24-21-18-15-12-9-6-3)65-59(62)53-50-47-44-41-38-35-31-26-23-20-17-14-11-8-5-2/h8-9,11-12,14,17-18,20-21,23,26,28-32,35,38,56H,4-7,10,13,15-16,19,22,24-25,27,33-34,36-37,39-55H2,1-3H3/b11-8-,12-9-,17-14-,21-18-,23-20-,29-28-,31-26-,32-30-,38-35-. The van der Waals surface area contributed by atoms with Crippen LogP contribution in [0.1, 0.15) is 226 Å². The number of allylic oxidation sites excluding steroid dienone is 18. The highest BCUT2D eigenvalue weighted by atomic mass is 16.6. The van der Waals surface area contributed by atoms with E-state index in [-0.39, 0.29) is 37.5 Å². The van der Waals surface area contributed by atoms with Gasteiger partial charge in [0, 0.05) is 19.3 Å². The maximum atomic E-state index is 12.8. The van der Waals surface area contributed by atoms with Gasteiger partial charge in [0.2, 0.25) is 0 Å². The normalized spacial score (nSPS) is 13.0. The quantitative estimate of drug-likeness (QED) is 0.0199. The Hall–Kier alpha value is -3.93. The lowest BCUT2D eigenvalue weighted by Crippen LogP contribution is -2.30. The molecule has 0 rings (SSSR count). The predicted octanol–water partition coefficient (Wildman–Crippen LogP) is 17.5. The highest BCUT2D eigenvalue weighted by Crippen LogP contribution is 2.14. The summed E-state index contributed by atoms with van der Waals surface area (Å²) in [7, 11) is 0. The largest absolute Gasteiger partial charge is 0.462 e. The van der Waals surface area contributed by atoms with Crippen molar-refractivity contribution in [3.05, 3.63) is 109 Å². The van der Waals surface area contributed by atoms with Crippen LogP contribution in [0.3, 0.4) is 0 Å². The fourth-order valence-electron chi connectivity index (χ4n) is 6.96. The fourth-order valence-corrected chi connectivity index (χ4v) is 6.96. The Kier molecular flexibility index (Phi) is 49.5. The summed E-state index contributed by atoms with van der Waals surface area (Å²) in [6.45, 7) is 6.32. The summed E-state index contributed by atoms with van der Waals surface area (Å²) in [5, 5.41) is 0. The minimum Gasteiger partial charge on any atom is -0.462 e. The van der Waals surface area contributed by atoms with Crippen LogP contribution in [0.4, 0.5) is 0 Å². The Bertz CT molecular complexity index is 1360. The molecule has 6 nitrogen and oxygen atoms in total. The fraction of sp³-hybridized carbons (Fsp3) is 0.644. The molecule has 1 unspecified atom stereocenters. The van der Waals surface area contributed by atoms with E-state index in [2.05, 4.69) is 81.5 Å². The summed E-state index contributed by atoms with van der Waals surface area (Å²) in [4.78, 5) is 38.0. The molecular weight excluding hydrogens is 805 g/mol. The molecule has 0 N–H and O–H groups in total. The van der Waals surface area contributed by atoms with Gasteiger partial charge < -0.3 is 14.2 Å². The minimum absolute atomic E-state index is 0.107. The summed E-state index contributed by atoms with van der Waals surface area (Å²) < 4.78 is 16.8. The van der Waals surface area contributed by atoms with Crippen molar-refractivity contribution in [3.8, 4) is 0 Å². The van der Waals surface area contributed by atoms with Crippen LogP contribution in [0, 0.1) is 0 Å². The predicted molar refractivity (Wildman–Crippen MR) is 279 cm³/mol. The van der Waals surface area contributed by atoms with Crippen LogP contribution in [0.25, 0.3) is 0 Å². The Labute approximate surface area is 400 Å². The molecular formula is C59H96O6. The molecule has 0 bridgehead atoms. The first kappa shape index (κ1) is 61.1. The van der Waals surface area contributed by atoms with Gasteiger partial charge in [-0.05, 0) is 89.9 Å². The second kappa shape index (κ2) is 52.7. The molecule has 0 fully saturated rings. The van der Waals surface area contributed by atoms with Crippen LogP contribution in [0.2, 0.25) is 0 Å². The maximum Gasteiger partial charge on any atom is 0.306 e. The van der Waals surface area contributed by atoms with E-state index in [0.717, 1.165) is 103 Å². The number of ether oxygens (including phenoxy) is 3. The summed E-state index contributed by atoms with van der Waals surface area (Å²) in [6.07, 6.45) is 70.7. The summed E-state index contributed by atoms with van der Waals surface area (Å²) in [5.41, 5.74) is 0. The van der Waals surface area contributed by atoms with Crippen molar-refractivity contribution in [2.75, 3.05) is 13.2 Å². The van der Waals surface area contributed by atoms with E-state index in [9.17, 15) is 14.4 Å². The van der Waals surface area contributed by atoms with Gasteiger partial charge in [-0.15, -0.1) is 0 Å². The van der Waals surface area contributed by atoms with Crippen molar-refractivity contribution in [1.29, 1.82) is 0 Å². The van der Waals surface area contributed by atoms with Gasteiger partial charge in [-0.25, -0.2) is 0 Å². The van der Waals surface area contributed by atoms with Crippen molar-refractivity contribution in [2.24, 2.45) is 0 Å². The molecule has 0 aromatic heterocycles. The Morgan fingerprint density at radius 1 is 0.338 bits per heavy atom. The highest BCUT2D eigenvalue weighted by Gasteiger charge is 2.19. The first-order valence-electron chi connectivity index (χ1n) is 26.5. The average molecular weight is 901 g/mol. The van der Waals surface area contributed by atoms with Gasteiger partial charge >= 0.3 is 17.9 Å². The lowest BCUT2D eigenvalue weighted by atomic mass is 10.1. The summed E-state index contributed by atoms with van der Waals surface area (Å²) in [5.74, 6) is -0.976. The molecule has 0 saturated carbocycles. The summed E-state index contributed by atoms with van der Waals surface area (Å²) >= 11 is 0. The lowest BCUT2D eigenvalue weighted by molar-refractivity contribution is -0.167. The molecule has 0 aliphatic rings. The second-order valence-corrected chi connectivity index (χ2v) is 17.2. The maximum absolute atomic E-state index is 12.8. The molecule has 368 valence electrons. The zero-order chi connectivity index (χ0) is 47.2. The Balaban J connectivity index is 4.50. The van der Waals surface area contributed by atoms with E-state index < -0.39 is 6.10 Å². The Morgan fingerprint density at radius 2 is 0.677 bits per heavy atom. The van der Waals surface area contributed by atoms with Crippen molar-refractivity contribution in [2.45, 2.75) is 232 Å². The molecule has 0 aliphatic heterocycles. The van der Waals surface area contributed by atoms with Crippen LogP contribution >= 0.6 is 0 Å². The third-order valence-electron chi connectivity index (χ3n) is 10.9. The molecule has 0 aromatic carbocycles. The van der Waals surface area contributed by atoms with E-state index in [1.165, 1.54) is 77.0 Å². The van der Waals surface area contributed by atoms with Gasteiger partial charge in [-0.1, -0.05) is 226 Å². The topological polar surface area (TPSA) is 78.9 Å². The number of hydrogen-bond acceptors (Lipinski definition) is 6. The number of carbonyl (C=O) groups is 3. The van der Waals surface area contributed by atoms with E-state index in [0.29, 0.717) is 19.3 Å². The molecule has 0 amide bonds. The van der Waals surface area contributed by atoms with Crippen molar-refractivity contribution in [3.63, 3.8) is 0 Å². The second-order valence-electron chi connectivity index (χ2n) is 17.2. The monoisotopic (exact) mass is 901 g/mol. The first-order chi connectivity index (χ1) is 32.0. The van der Waals surface area contributed by atoms with Crippen LogP contribution < -0.4 is 0 Å². The van der Waals surface area contributed by atoms with Crippen LogP contribution in [-0.2, 0) is 28.6 Å². The van der Waals surface area contributed by atoms with Crippen LogP contribution in [-0.4, -0.2) is 37.2 Å². The van der Waals surface area contributed by atoms with Gasteiger partial charge in [0.05, 0.1) is 0 Å². The van der Waals surface area contributed by atoms with Gasteiger partial charge in [0.15, 0.2) is 6.10 Å². The van der Waals surface area contributed by atoms with Gasteiger partial charge in [0.25, 0.3) is 0 Å². The smallest absolute Gasteiger partial charge is 0.306 e. The van der Waals surface area contributed by atoms with Gasteiger partial charge in [0.1, 0.15) is 13.2 Å². The molecule has 6 heteroatoms. The molecule has 0 saturated heterocycles. The summed E-state index contributed by atoms with van der Waals surface area (Å²) in [6, 6.07) is 0. The van der Waals surface area contributed by atoms with Gasteiger partial charge in [-0.3, -0.25) is 14.4 Å². The number of hydrogen-bond donors (Lipinski definition) is 0. The molecule has 0 radical (unpaired) electrons. The number of carbonyl (C=O) groups excluding carboxylic acids is 3. The molecule has 0 aliphatic carbocycles. The van der Waals surface area contributed by atoms with Crippen molar-refractivity contribution < 1.29 is 28.6 Å². The zero-order valence-electron chi connectivity index (χ0n) is 42.0. The van der Waals surface area contributed by atoms with E-state index >= 15 is 0 Å². The zero-order valence-corrected chi connectivity index (χ0v) is 42.0. The first-order valence-corrected chi connectivity index (χ1v) is 26.5. The van der Waals surface area contributed by atoms with Gasteiger partial charge in [-0.2, -0.15) is 0 Å². The molecule has 1 atom stereocenters. The molecule has 0 aromatic rings. The van der Waals surface area contributed by atoms with E-state index in [1.54, 1.807) is 0 Å². The highest BCUT2D eigenvalue weighted by molar-refractivity contribution is 5.71. The average Bonchev–Trinajstić information content (AvgIpc) is 3.30. The van der Waals surface area contributed by atoms with Crippen LogP contribution in [0.15, 0.2) is 109 Å². The van der Waals surface area contributed by atoms with Crippen molar-refractivity contribution >= 4 is 17.9 Å². The number of esters is 3. The number of rotatable bonds is 46. The Morgan fingerprint density at radius 3 is 1.14 bits per heavy atom.